The minimum Gasteiger partial charge on any atom is -0.398 e. The molecule has 0 bridgehead atoms. The number of hydrogen-bond acceptors (Lipinski definition) is 5. The first-order chi connectivity index (χ1) is 9.37. The number of ether oxygens (including phenoxy) is 1. The van der Waals surface area contributed by atoms with Gasteiger partial charge in [0, 0.05) is 17.3 Å². The smallest absolute Gasteiger partial charge is 0.244 e. The van der Waals surface area contributed by atoms with E-state index in [0.717, 1.165) is 0 Å². The summed E-state index contributed by atoms with van der Waals surface area (Å²) in [5.74, 6) is 0. The molecule has 0 aromatic heterocycles. The van der Waals surface area contributed by atoms with Gasteiger partial charge in [-0.1, -0.05) is 11.6 Å². The van der Waals surface area contributed by atoms with Gasteiger partial charge in [0.1, 0.15) is 0 Å². The van der Waals surface area contributed by atoms with Crippen molar-refractivity contribution in [1.29, 1.82) is 0 Å². The van der Waals surface area contributed by atoms with Gasteiger partial charge in [-0.15, -0.1) is 0 Å². The van der Waals surface area contributed by atoms with Crippen molar-refractivity contribution in [3.05, 3.63) is 21.6 Å². The number of hydrogen-bond donors (Lipinski definition) is 2. The summed E-state index contributed by atoms with van der Waals surface area (Å²) >= 11 is 9.05. The zero-order valence-corrected chi connectivity index (χ0v) is 13.6. The Labute approximate surface area is 130 Å². The topological polar surface area (TPSA) is 92.9 Å². The summed E-state index contributed by atoms with van der Waals surface area (Å²) in [5.41, 5.74) is 5.97. The maximum atomic E-state index is 12.7. The minimum atomic E-state index is -3.82. The highest BCUT2D eigenvalue weighted by atomic mass is 79.9. The average molecular weight is 386 g/mol. The van der Waals surface area contributed by atoms with E-state index >= 15 is 0 Å². The molecule has 6 nitrogen and oxygen atoms in total. The summed E-state index contributed by atoms with van der Waals surface area (Å²) in [6.45, 7) is 0.298. The van der Waals surface area contributed by atoms with Gasteiger partial charge in [-0.2, -0.15) is 4.31 Å². The summed E-state index contributed by atoms with van der Waals surface area (Å²) in [4.78, 5) is -0.0112. The van der Waals surface area contributed by atoms with Crippen LogP contribution in [0.4, 0.5) is 5.69 Å². The van der Waals surface area contributed by atoms with Gasteiger partial charge in [-0.05, 0) is 28.1 Å². The van der Waals surface area contributed by atoms with Gasteiger partial charge in [-0.25, -0.2) is 8.42 Å². The number of rotatable bonds is 3. The quantitative estimate of drug-likeness (QED) is 0.759. The SMILES string of the molecule is Nc1cc(Cl)cc(S(=O)(=O)N2CCOCC2CO)c1Br. The van der Waals surface area contributed by atoms with Gasteiger partial charge >= 0.3 is 0 Å². The highest BCUT2D eigenvalue weighted by molar-refractivity contribution is 9.10. The lowest BCUT2D eigenvalue weighted by Crippen LogP contribution is -2.50. The van der Waals surface area contributed by atoms with Crippen molar-refractivity contribution in [2.45, 2.75) is 10.9 Å². The zero-order chi connectivity index (χ0) is 14.9. The Balaban J connectivity index is 2.49. The first-order valence-electron chi connectivity index (χ1n) is 5.83. The highest BCUT2D eigenvalue weighted by Crippen LogP contribution is 2.34. The molecular formula is C11H14BrClN2O4S. The number of anilines is 1. The standard InChI is InChI=1S/C11H14BrClN2O4S/c12-11-9(14)3-7(13)4-10(11)20(17,18)15-1-2-19-6-8(15)5-16/h3-4,8,16H,1-2,5-6,14H2. The summed E-state index contributed by atoms with van der Waals surface area (Å²) in [7, 11) is -3.82. The fourth-order valence-electron chi connectivity index (χ4n) is 2.00. The monoisotopic (exact) mass is 384 g/mol. The molecule has 1 heterocycles. The summed E-state index contributed by atoms with van der Waals surface area (Å²) in [6.07, 6.45) is 0. The van der Waals surface area contributed by atoms with E-state index in [1.54, 1.807) is 0 Å². The predicted octanol–water partition coefficient (Wildman–Crippen LogP) is 1.07. The zero-order valence-electron chi connectivity index (χ0n) is 10.4. The van der Waals surface area contributed by atoms with Gasteiger partial charge < -0.3 is 15.6 Å². The third-order valence-corrected chi connectivity index (χ3v) is 6.34. The Morgan fingerprint density at radius 3 is 2.90 bits per heavy atom. The number of benzene rings is 1. The van der Waals surface area contributed by atoms with Crippen molar-refractivity contribution >= 4 is 43.2 Å². The minimum absolute atomic E-state index is 0.0112. The van der Waals surface area contributed by atoms with Crippen molar-refractivity contribution in [2.75, 3.05) is 32.1 Å². The molecule has 2 rings (SSSR count). The van der Waals surface area contributed by atoms with E-state index in [0.29, 0.717) is 0 Å². The van der Waals surface area contributed by atoms with Crippen LogP contribution >= 0.6 is 27.5 Å². The van der Waals surface area contributed by atoms with Crippen LogP contribution in [0.15, 0.2) is 21.5 Å². The maximum absolute atomic E-state index is 12.7. The number of aliphatic hydroxyl groups is 1. The second-order valence-electron chi connectivity index (χ2n) is 4.33. The highest BCUT2D eigenvalue weighted by Gasteiger charge is 2.35. The van der Waals surface area contributed by atoms with Crippen LogP contribution in [0.2, 0.25) is 5.02 Å². The van der Waals surface area contributed by atoms with E-state index in [2.05, 4.69) is 15.9 Å². The van der Waals surface area contributed by atoms with Crippen molar-refractivity contribution in [1.82, 2.24) is 4.31 Å². The van der Waals surface area contributed by atoms with Crippen molar-refractivity contribution in [2.24, 2.45) is 0 Å². The van der Waals surface area contributed by atoms with Gasteiger partial charge in [0.15, 0.2) is 0 Å². The molecule has 1 atom stereocenters. The third-order valence-electron chi connectivity index (χ3n) is 3.00. The molecule has 0 spiro atoms. The Kier molecular flexibility index (Phi) is 4.93. The molecule has 1 saturated heterocycles. The molecule has 0 saturated carbocycles. The molecule has 0 amide bonds. The number of halogens is 2. The molecule has 1 aromatic rings. The number of sulfonamides is 1. The van der Waals surface area contributed by atoms with Crippen LogP contribution in [0.25, 0.3) is 0 Å². The van der Waals surface area contributed by atoms with Gasteiger partial charge in [0.05, 0.1) is 35.2 Å². The molecule has 112 valence electrons. The summed E-state index contributed by atoms with van der Waals surface area (Å²) in [6, 6.07) is 2.19. The van der Waals surface area contributed by atoms with E-state index in [-0.39, 0.29) is 46.4 Å². The first-order valence-corrected chi connectivity index (χ1v) is 8.44. The number of morpholine rings is 1. The fourth-order valence-corrected chi connectivity index (χ4v) is 4.84. The molecule has 9 heteroatoms. The van der Waals surface area contributed by atoms with Gasteiger partial charge in [-0.3, -0.25) is 0 Å². The second kappa shape index (κ2) is 6.17. The normalized spacial score (nSPS) is 21.1. The molecule has 1 aromatic carbocycles. The molecule has 3 N–H and O–H groups in total. The molecule has 0 aliphatic carbocycles. The van der Waals surface area contributed by atoms with E-state index in [4.69, 9.17) is 22.1 Å². The van der Waals surface area contributed by atoms with Crippen LogP contribution in [-0.4, -0.2) is 50.2 Å². The molecule has 20 heavy (non-hydrogen) atoms. The van der Waals surface area contributed by atoms with Crippen LogP contribution in [-0.2, 0) is 14.8 Å². The second-order valence-corrected chi connectivity index (χ2v) is 7.42. The Hall–Kier alpha value is -0.380. The molecular weight excluding hydrogens is 372 g/mol. The Morgan fingerprint density at radius 1 is 1.55 bits per heavy atom. The van der Waals surface area contributed by atoms with Crippen LogP contribution in [0.3, 0.4) is 0 Å². The lowest BCUT2D eigenvalue weighted by molar-refractivity contribution is 0.0109. The van der Waals surface area contributed by atoms with Crippen LogP contribution in [0, 0.1) is 0 Å². The number of aliphatic hydroxyl groups excluding tert-OH is 1. The van der Waals surface area contributed by atoms with Gasteiger partial charge in [0.2, 0.25) is 10.0 Å². The fraction of sp³-hybridized carbons (Fsp3) is 0.455. The third kappa shape index (κ3) is 2.95. The largest absolute Gasteiger partial charge is 0.398 e. The van der Waals surface area contributed by atoms with Crippen LogP contribution in [0.1, 0.15) is 0 Å². The predicted molar refractivity (Wildman–Crippen MR) is 79.1 cm³/mol. The molecule has 1 fully saturated rings. The van der Waals surface area contributed by atoms with Crippen molar-refractivity contribution in [3.8, 4) is 0 Å². The van der Waals surface area contributed by atoms with Gasteiger partial charge in [0.25, 0.3) is 0 Å². The number of nitrogens with zero attached hydrogens (tertiary/aromatic N) is 1. The average Bonchev–Trinajstić information content (AvgIpc) is 2.42. The van der Waals surface area contributed by atoms with Crippen LogP contribution < -0.4 is 5.73 Å². The molecule has 1 unspecified atom stereocenters. The van der Waals surface area contributed by atoms with E-state index in [1.807, 2.05) is 0 Å². The van der Waals surface area contributed by atoms with E-state index in [9.17, 15) is 13.5 Å². The van der Waals surface area contributed by atoms with Crippen molar-refractivity contribution < 1.29 is 18.3 Å². The molecule has 1 aliphatic rings. The first kappa shape index (κ1) is 16.0. The number of nitrogens with two attached hydrogens (primary N) is 1. The lowest BCUT2D eigenvalue weighted by atomic mass is 10.3. The van der Waals surface area contributed by atoms with E-state index in [1.165, 1.54) is 16.4 Å². The van der Waals surface area contributed by atoms with Crippen molar-refractivity contribution in [3.63, 3.8) is 0 Å². The molecule has 1 aliphatic heterocycles. The summed E-state index contributed by atoms with van der Waals surface area (Å²) in [5, 5.41) is 9.54. The summed E-state index contributed by atoms with van der Waals surface area (Å²) < 4.78 is 32.1. The van der Waals surface area contributed by atoms with Crippen LogP contribution in [0.5, 0.6) is 0 Å². The molecule has 0 radical (unpaired) electrons. The van der Waals surface area contributed by atoms with E-state index < -0.39 is 16.1 Å². The number of nitrogen functional groups attached to an aromatic ring is 1. The lowest BCUT2D eigenvalue weighted by Gasteiger charge is -2.33. The Morgan fingerprint density at radius 2 is 2.25 bits per heavy atom. The Bertz CT molecular complexity index is 611. The maximum Gasteiger partial charge on any atom is 0.244 e.